The number of aliphatic hydroxyl groups is 1. The molecule has 0 saturated heterocycles. The average molecular weight is 216 g/mol. The number of nitrogens with one attached hydrogen (secondary N) is 1. The first-order valence-electron chi connectivity index (χ1n) is 5.80. The summed E-state index contributed by atoms with van der Waals surface area (Å²) in [5.74, 6) is 0.0546. The highest BCUT2D eigenvalue weighted by molar-refractivity contribution is 5.78. The fraction of sp³-hybridized carbons (Fsp3) is 0.909. The highest BCUT2D eigenvalue weighted by Crippen LogP contribution is 1.96. The van der Waals surface area contributed by atoms with Gasteiger partial charge in [-0.2, -0.15) is 0 Å². The number of nitrogens with zero attached hydrogens (tertiary/aromatic N) is 1. The first-order chi connectivity index (χ1) is 7.17. The summed E-state index contributed by atoms with van der Waals surface area (Å²) < 4.78 is 0. The molecule has 1 amide bonds. The van der Waals surface area contributed by atoms with Gasteiger partial charge in [-0.1, -0.05) is 20.8 Å². The molecule has 0 aromatic carbocycles. The number of aliphatic hydroxyl groups excluding tert-OH is 1. The Kier molecular flexibility index (Phi) is 8.33. The van der Waals surface area contributed by atoms with Crippen LogP contribution in [0.2, 0.25) is 0 Å². The van der Waals surface area contributed by atoms with Gasteiger partial charge in [-0.05, 0) is 19.4 Å². The summed E-state index contributed by atoms with van der Waals surface area (Å²) in [6, 6.07) is 0.283. The number of hydrogen-bond donors (Lipinski definition) is 2. The van der Waals surface area contributed by atoms with Crippen LogP contribution >= 0.6 is 0 Å². The van der Waals surface area contributed by atoms with Crippen LogP contribution in [-0.2, 0) is 4.79 Å². The van der Waals surface area contributed by atoms with Gasteiger partial charge in [0.05, 0.1) is 13.2 Å². The third-order valence-electron chi connectivity index (χ3n) is 2.58. The molecular formula is C11H24N2O2. The molecule has 2 N–H and O–H groups in total. The second-order valence-corrected chi connectivity index (χ2v) is 3.67. The Bertz CT molecular complexity index is 170. The summed E-state index contributed by atoms with van der Waals surface area (Å²) in [4.78, 5) is 13.5. The van der Waals surface area contributed by atoms with Crippen molar-refractivity contribution < 1.29 is 9.90 Å². The highest BCUT2D eigenvalue weighted by Gasteiger charge is 2.11. The van der Waals surface area contributed by atoms with E-state index >= 15 is 0 Å². The SMILES string of the molecule is CCC(CC)NC(=O)CN(CC)CCO. The minimum absolute atomic E-state index is 0.0546. The molecule has 0 bridgehead atoms. The van der Waals surface area contributed by atoms with Crippen molar-refractivity contribution >= 4 is 5.91 Å². The molecule has 0 aromatic heterocycles. The predicted octanol–water partition coefficient (Wildman–Crippen LogP) is 0.605. The van der Waals surface area contributed by atoms with Crippen molar-refractivity contribution in [1.29, 1.82) is 0 Å². The van der Waals surface area contributed by atoms with Gasteiger partial charge in [0.25, 0.3) is 0 Å². The van der Waals surface area contributed by atoms with E-state index in [1.165, 1.54) is 0 Å². The fourth-order valence-electron chi connectivity index (χ4n) is 1.46. The van der Waals surface area contributed by atoms with Gasteiger partial charge in [-0.3, -0.25) is 9.69 Å². The van der Waals surface area contributed by atoms with Crippen LogP contribution in [0.5, 0.6) is 0 Å². The smallest absolute Gasteiger partial charge is 0.234 e. The van der Waals surface area contributed by atoms with Crippen LogP contribution < -0.4 is 5.32 Å². The standard InChI is InChI=1S/C11H24N2O2/c1-4-10(5-2)12-11(15)9-13(6-3)7-8-14/h10,14H,4-9H2,1-3H3,(H,12,15). The number of hydrogen-bond acceptors (Lipinski definition) is 3. The Balaban J connectivity index is 3.88. The molecule has 0 aromatic rings. The molecule has 0 aliphatic rings. The molecule has 15 heavy (non-hydrogen) atoms. The first kappa shape index (κ1) is 14.4. The van der Waals surface area contributed by atoms with Gasteiger partial charge >= 0.3 is 0 Å². The summed E-state index contributed by atoms with van der Waals surface area (Å²) in [6.07, 6.45) is 1.93. The number of carbonyl (C=O) groups is 1. The van der Waals surface area contributed by atoms with Gasteiger partial charge in [0.1, 0.15) is 0 Å². The third-order valence-corrected chi connectivity index (χ3v) is 2.58. The van der Waals surface area contributed by atoms with Crippen LogP contribution in [0.3, 0.4) is 0 Å². The van der Waals surface area contributed by atoms with Crippen molar-refractivity contribution in [2.24, 2.45) is 0 Å². The Hall–Kier alpha value is -0.610. The van der Waals surface area contributed by atoms with Crippen molar-refractivity contribution in [3.63, 3.8) is 0 Å². The van der Waals surface area contributed by atoms with E-state index in [1.807, 2.05) is 11.8 Å². The molecule has 0 fully saturated rings. The topological polar surface area (TPSA) is 52.6 Å². The summed E-state index contributed by atoms with van der Waals surface area (Å²) in [6.45, 7) is 7.96. The van der Waals surface area contributed by atoms with Crippen molar-refractivity contribution in [3.05, 3.63) is 0 Å². The van der Waals surface area contributed by atoms with Crippen molar-refractivity contribution in [3.8, 4) is 0 Å². The van der Waals surface area contributed by atoms with E-state index < -0.39 is 0 Å². The van der Waals surface area contributed by atoms with Gasteiger partial charge in [0.15, 0.2) is 0 Å². The number of rotatable bonds is 8. The van der Waals surface area contributed by atoms with E-state index in [-0.39, 0.29) is 18.6 Å². The van der Waals surface area contributed by atoms with Crippen molar-refractivity contribution in [2.75, 3.05) is 26.2 Å². The van der Waals surface area contributed by atoms with Gasteiger partial charge in [-0.15, -0.1) is 0 Å². The second kappa shape index (κ2) is 8.68. The zero-order valence-corrected chi connectivity index (χ0v) is 10.1. The summed E-state index contributed by atoms with van der Waals surface area (Å²) in [7, 11) is 0. The summed E-state index contributed by atoms with van der Waals surface area (Å²) in [5, 5.41) is 11.8. The molecular weight excluding hydrogens is 192 g/mol. The van der Waals surface area contributed by atoms with Gasteiger partial charge < -0.3 is 10.4 Å². The van der Waals surface area contributed by atoms with Crippen molar-refractivity contribution in [2.45, 2.75) is 39.7 Å². The van der Waals surface area contributed by atoms with Gasteiger partial charge in [0.2, 0.25) is 5.91 Å². The van der Waals surface area contributed by atoms with Crippen LogP contribution in [-0.4, -0.2) is 48.2 Å². The van der Waals surface area contributed by atoms with Crippen LogP contribution in [0.4, 0.5) is 0 Å². The summed E-state index contributed by atoms with van der Waals surface area (Å²) >= 11 is 0. The van der Waals surface area contributed by atoms with Crippen LogP contribution in [0.15, 0.2) is 0 Å². The predicted molar refractivity (Wildman–Crippen MR) is 61.7 cm³/mol. The average Bonchev–Trinajstić information content (AvgIpc) is 2.25. The van der Waals surface area contributed by atoms with E-state index in [2.05, 4.69) is 19.2 Å². The first-order valence-corrected chi connectivity index (χ1v) is 5.80. The Morgan fingerprint density at radius 3 is 2.33 bits per heavy atom. The Morgan fingerprint density at radius 1 is 1.33 bits per heavy atom. The molecule has 0 saturated carbocycles. The number of amides is 1. The maximum absolute atomic E-state index is 11.6. The zero-order valence-electron chi connectivity index (χ0n) is 10.1. The van der Waals surface area contributed by atoms with E-state index in [9.17, 15) is 4.79 Å². The van der Waals surface area contributed by atoms with Crippen molar-refractivity contribution in [1.82, 2.24) is 10.2 Å². The van der Waals surface area contributed by atoms with Crippen LogP contribution in [0.1, 0.15) is 33.6 Å². The molecule has 0 aliphatic carbocycles. The fourth-order valence-corrected chi connectivity index (χ4v) is 1.46. The molecule has 0 heterocycles. The van der Waals surface area contributed by atoms with Crippen LogP contribution in [0.25, 0.3) is 0 Å². The lowest BCUT2D eigenvalue weighted by Crippen LogP contribution is -2.42. The minimum atomic E-state index is 0.0546. The molecule has 4 heteroatoms. The second-order valence-electron chi connectivity index (χ2n) is 3.67. The van der Waals surface area contributed by atoms with E-state index in [1.54, 1.807) is 0 Å². The van der Waals surface area contributed by atoms with E-state index in [0.29, 0.717) is 13.1 Å². The quantitative estimate of drug-likeness (QED) is 0.625. The largest absolute Gasteiger partial charge is 0.395 e. The number of likely N-dealkylation sites (N-methyl/N-ethyl adjacent to an activating group) is 1. The third kappa shape index (κ3) is 6.47. The molecule has 0 radical (unpaired) electrons. The van der Waals surface area contributed by atoms with Crippen LogP contribution in [0, 0.1) is 0 Å². The lowest BCUT2D eigenvalue weighted by atomic mass is 10.2. The molecule has 4 nitrogen and oxygen atoms in total. The molecule has 0 rings (SSSR count). The monoisotopic (exact) mass is 216 g/mol. The lowest BCUT2D eigenvalue weighted by Gasteiger charge is -2.21. The molecule has 0 spiro atoms. The zero-order chi connectivity index (χ0) is 11.7. The molecule has 0 aliphatic heterocycles. The minimum Gasteiger partial charge on any atom is -0.395 e. The normalized spacial score (nSPS) is 11.1. The van der Waals surface area contributed by atoms with Gasteiger partial charge in [-0.25, -0.2) is 0 Å². The lowest BCUT2D eigenvalue weighted by molar-refractivity contribution is -0.123. The van der Waals surface area contributed by atoms with E-state index in [4.69, 9.17) is 5.11 Å². The maximum atomic E-state index is 11.6. The van der Waals surface area contributed by atoms with E-state index in [0.717, 1.165) is 19.4 Å². The Morgan fingerprint density at radius 2 is 1.93 bits per heavy atom. The number of carbonyl (C=O) groups excluding carboxylic acids is 1. The molecule has 90 valence electrons. The summed E-state index contributed by atoms with van der Waals surface area (Å²) in [5.41, 5.74) is 0. The molecule has 0 unspecified atom stereocenters. The Labute approximate surface area is 92.7 Å². The molecule has 0 atom stereocenters. The van der Waals surface area contributed by atoms with Gasteiger partial charge in [0, 0.05) is 12.6 Å². The maximum Gasteiger partial charge on any atom is 0.234 e. The highest BCUT2D eigenvalue weighted by atomic mass is 16.3.